The number of H-pyrrole nitrogens is 2. The number of nitrogens with zero attached hydrogens (tertiary/aromatic N) is 7. The summed E-state index contributed by atoms with van der Waals surface area (Å²) in [5.41, 5.74) is 18.9. The summed E-state index contributed by atoms with van der Waals surface area (Å²) < 4.78 is 0. The maximum atomic E-state index is 15.7. The molecule has 712 valence electrons. The van der Waals surface area contributed by atoms with Gasteiger partial charge in [0, 0.05) is 125 Å². The van der Waals surface area contributed by atoms with Crippen molar-refractivity contribution in [3.8, 4) is 5.75 Å². The summed E-state index contributed by atoms with van der Waals surface area (Å²) in [5, 5.41) is 60.4. The predicted octanol–water partition coefficient (Wildman–Crippen LogP) is -3.89. The second-order valence-electron chi connectivity index (χ2n) is 33.2. The Bertz CT molecular complexity index is 5170. The van der Waals surface area contributed by atoms with Gasteiger partial charge >= 0.3 is 0 Å². The molecule has 3 aliphatic heterocycles. The topological polar surface area (TPSA) is 640 Å². The summed E-state index contributed by atoms with van der Waals surface area (Å²) in [6, 6.07) is -3.06. The molecule has 132 heavy (non-hydrogen) atoms. The van der Waals surface area contributed by atoms with Crippen molar-refractivity contribution in [2.24, 2.45) is 17.2 Å². The molecule has 6 heterocycles. The first-order valence-corrected chi connectivity index (χ1v) is 44.8. The normalized spacial score (nSPS) is 25.0. The number of aromatic hydroxyl groups is 1. The SMILES string of the molecule is CCCC[C@H]1C(=O)N(C)[C@@H](CCCC)C(=O)N[C@@H](C)C(=O)N[C@H](C(=O)NCC(N)=O)CSCC(=O)N[C@@H](Cc2ccc(O)cc2)C(=O)N(C)[C@@H](C)C(=O)N[C@@H](CC(N)=O)C(=O)N2CCC[C@H]2C(=O)N[C@@H](Cc2cnc[nH]2)C(=O)N[C@@H](CCC(N)=O)C(=O)N2C[C@H](O)C[C@H]2C(=O)N[C@@H](Cc2c[nH]c3ccccc23)C(=O)N[C@@H](CO)C(=O)N[C@@H](Cc2cccc3ccncc23)C(=O)N1C. The molecule has 3 saturated heterocycles. The van der Waals surface area contributed by atoms with Gasteiger partial charge in [-0.2, -0.15) is 0 Å². The van der Waals surface area contributed by atoms with Crippen LogP contribution in [0.25, 0.3) is 21.7 Å². The van der Waals surface area contributed by atoms with Crippen molar-refractivity contribution in [1.29, 1.82) is 0 Å². The van der Waals surface area contributed by atoms with Crippen LogP contribution in [0.2, 0.25) is 0 Å². The third-order valence-electron chi connectivity index (χ3n) is 23.5. The molecule has 18 amide bonds. The van der Waals surface area contributed by atoms with Gasteiger partial charge in [0.05, 0.1) is 37.8 Å². The van der Waals surface area contributed by atoms with Gasteiger partial charge in [-0.3, -0.25) is 91.3 Å². The molecule has 9 rings (SSSR count). The highest BCUT2D eigenvalue weighted by Gasteiger charge is 2.47. The number of thioether (sulfide) groups is 1. The Labute approximate surface area is 764 Å². The van der Waals surface area contributed by atoms with Gasteiger partial charge in [0.15, 0.2) is 0 Å². The van der Waals surface area contributed by atoms with Crippen LogP contribution < -0.4 is 70.4 Å². The number of carbonyl (C=O) groups excluding carboxylic acids is 18. The zero-order valence-corrected chi connectivity index (χ0v) is 75.3. The van der Waals surface area contributed by atoms with Crippen molar-refractivity contribution in [2.45, 2.75) is 221 Å². The Morgan fingerprint density at radius 3 is 1.82 bits per heavy atom. The maximum absolute atomic E-state index is 15.7. The minimum atomic E-state index is -1.92. The molecule has 3 aliphatic rings. The van der Waals surface area contributed by atoms with Crippen LogP contribution in [0.1, 0.15) is 127 Å². The summed E-state index contributed by atoms with van der Waals surface area (Å²) in [5.74, 6) is -18.7. The molecular weight excluding hydrogens is 1730 g/mol. The maximum Gasteiger partial charge on any atom is 0.246 e. The zero-order valence-electron chi connectivity index (χ0n) is 74.5. The first-order valence-electron chi connectivity index (χ1n) is 43.6. The van der Waals surface area contributed by atoms with Crippen LogP contribution in [0.15, 0.2) is 104 Å². The number of likely N-dealkylation sites (N-methyl/N-ethyl adjacent to an activating group) is 3. The van der Waals surface area contributed by atoms with E-state index in [2.05, 4.69) is 73.1 Å². The lowest BCUT2D eigenvalue weighted by Crippen LogP contribution is -2.61. The highest BCUT2D eigenvalue weighted by atomic mass is 32.2. The number of hydrogen-bond acceptors (Lipinski definition) is 24. The number of primary amides is 3. The second kappa shape index (κ2) is 48.3. The monoisotopic (exact) mass is 1850 g/mol. The van der Waals surface area contributed by atoms with Crippen molar-refractivity contribution in [2.75, 3.05) is 58.9 Å². The molecule has 3 fully saturated rings. The van der Waals surface area contributed by atoms with Gasteiger partial charge in [-0.15, -0.1) is 11.8 Å². The van der Waals surface area contributed by atoms with Gasteiger partial charge in [-0.25, -0.2) is 4.98 Å². The Morgan fingerprint density at radius 1 is 0.538 bits per heavy atom. The predicted molar refractivity (Wildman–Crippen MR) is 479 cm³/mol. The number of phenols is 1. The van der Waals surface area contributed by atoms with Gasteiger partial charge in [-0.05, 0) is 92.3 Å². The number of nitrogens with one attached hydrogen (secondary N) is 12. The fourth-order valence-corrected chi connectivity index (χ4v) is 16.9. The lowest BCUT2D eigenvalue weighted by Gasteiger charge is -2.36. The summed E-state index contributed by atoms with van der Waals surface area (Å²) in [4.78, 5) is 280. The summed E-state index contributed by atoms with van der Waals surface area (Å²) in [6.07, 6.45) is 3.83. The smallest absolute Gasteiger partial charge is 0.246 e. The fourth-order valence-electron chi connectivity index (χ4n) is 16.0. The van der Waals surface area contributed by atoms with Gasteiger partial charge in [-0.1, -0.05) is 88.1 Å². The van der Waals surface area contributed by atoms with Gasteiger partial charge in [0.2, 0.25) is 106 Å². The number of aliphatic hydroxyl groups excluding tert-OH is 2. The lowest BCUT2D eigenvalue weighted by molar-refractivity contribution is -0.149. The van der Waals surface area contributed by atoms with Crippen LogP contribution in [-0.4, -0.2) is 316 Å². The van der Waals surface area contributed by atoms with E-state index >= 15 is 33.6 Å². The number of fused-ring (bicyclic) bond motifs is 4. The Kier molecular flexibility index (Phi) is 37.4. The number of aromatic amines is 2. The first-order chi connectivity index (χ1) is 62.9. The Hall–Kier alpha value is -13.7. The molecule has 0 unspecified atom stereocenters. The number of phenolic OH excluding ortho intramolecular Hbond substituents is 1. The quantitative estimate of drug-likeness (QED) is 0.0292. The number of para-hydroxylation sites is 1. The largest absolute Gasteiger partial charge is 0.508 e. The average molecular weight is 1850 g/mol. The second-order valence-corrected chi connectivity index (χ2v) is 34.2. The van der Waals surface area contributed by atoms with Crippen LogP contribution in [0, 0.1) is 0 Å². The third-order valence-corrected chi connectivity index (χ3v) is 24.6. The molecule has 43 nitrogen and oxygen atoms in total. The number of aliphatic hydroxyl groups is 2. The third kappa shape index (κ3) is 27.7. The standard InChI is InChI=1S/C88H118N22O21S/c1-8-10-20-67-81(124)97-47(3)75(118)105-66(77(120)95-41-73(91)116)44-132-45-74(117)98-62(32-49-23-25-54(112)26-24-49)84(127)106(5)48(4)76(119)102-64(37-72(90)115)87(130)109-31-15-22-68(109)82(125)101-61(35-53-39-93-46-96-53)79(122)99-59(27-28-71(89)114)86(129)110-42-55(113)36-70(110)83(126)100-60(34-52-38-94-58-19-13-12-18-56(52)58)78(121)104-65(43-111)80(123)103-63(33-51-17-14-16-50-29-30-92-40-57(50)51)85(128)108(7)69(21-11-9-2)88(131)107(67)6/h12-14,16-19,23-26,29-30,38-40,46-48,55,59-70,94,111-113H,8-11,15,20-22,27-28,31-37,41-45H2,1-7H3,(H2,89,114)(H2,90,115)(H2,91,116)(H,93,96)(H,95,120)(H,97,124)(H,98,117)(H,99,122)(H,100,126)(H,101,125)(H,102,119)(H,103,123)(H,104,121)(H,105,118)/t47-,48-,55+,59-,60-,61-,62-,63-,64-,65-,66-,67-,68-,69-,70-/m0/s1. The molecule has 3 aromatic carbocycles. The molecule has 0 aliphatic carbocycles. The van der Waals surface area contributed by atoms with E-state index in [1.54, 1.807) is 67.1 Å². The van der Waals surface area contributed by atoms with E-state index in [1.807, 2.05) is 13.8 Å². The van der Waals surface area contributed by atoms with E-state index in [-0.39, 0.29) is 69.4 Å². The van der Waals surface area contributed by atoms with Crippen molar-refractivity contribution in [1.82, 2.24) is 97.6 Å². The Balaban J connectivity index is 1.09. The molecule has 0 bridgehead atoms. The molecule has 15 atom stereocenters. The number of aromatic nitrogens is 4. The van der Waals surface area contributed by atoms with Gasteiger partial charge in [0.25, 0.3) is 0 Å². The van der Waals surface area contributed by atoms with Crippen molar-refractivity contribution < 1.29 is 102 Å². The Morgan fingerprint density at radius 2 is 1.15 bits per heavy atom. The number of hydrogen-bond donors (Lipinski definition) is 18. The summed E-state index contributed by atoms with van der Waals surface area (Å²) in [6.45, 7) is 3.65. The van der Waals surface area contributed by atoms with Gasteiger partial charge < -0.3 is 120 Å². The fraction of sp³-hybridized carbons (Fsp3) is 0.500. The molecule has 0 radical (unpaired) electrons. The number of amides is 18. The van der Waals surface area contributed by atoms with Crippen LogP contribution in [-0.2, 0) is 112 Å². The molecular formula is C88H118N22O21S. The number of benzene rings is 3. The van der Waals surface area contributed by atoms with E-state index in [0.29, 0.717) is 64.0 Å². The number of unbranched alkanes of at least 4 members (excludes halogenated alkanes) is 2. The van der Waals surface area contributed by atoms with E-state index in [9.17, 15) is 68.1 Å². The lowest BCUT2D eigenvalue weighted by atomic mass is 9.97. The number of nitrogens with two attached hydrogens (primary N) is 3. The van der Waals surface area contributed by atoms with E-state index in [1.165, 1.54) is 71.8 Å². The minimum absolute atomic E-state index is 0.00613. The van der Waals surface area contributed by atoms with Crippen LogP contribution in [0.5, 0.6) is 5.75 Å². The molecule has 44 heteroatoms. The molecule has 21 N–H and O–H groups in total. The molecule has 3 aromatic heterocycles. The van der Waals surface area contributed by atoms with Gasteiger partial charge in [0.1, 0.15) is 90.3 Å². The highest BCUT2D eigenvalue weighted by Crippen LogP contribution is 2.28. The van der Waals surface area contributed by atoms with Crippen molar-refractivity contribution in [3.05, 3.63) is 126 Å². The summed E-state index contributed by atoms with van der Waals surface area (Å²) in [7, 11) is 3.87. The highest BCUT2D eigenvalue weighted by molar-refractivity contribution is 8.00. The molecule has 6 aromatic rings. The van der Waals surface area contributed by atoms with E-state index in [4.69, 9.17) is 17.2 Å². The van der Waals surface area contributed by atoms with Crippen LogP contribution >= 0.6 is 11.8 Å². The van der Waals surface area contributed by atoms with Crippen molar-refractivity contribution in [3.63, 3.8) is 0 Å². The number of rotatable bonds is 23. The van der Waals surface area contributed by atoms with E-state index in [0.717, 1.165) is 36.3 Å². The molecule has 0 saturated carbocycles. The van der Waals surface area contributed by atoms with Crippen LogP contribution in [0.3, 0.4) is 0 Å². The van der Waals surface area contributed by atoms with E-state index < -0.39 is 254 Å². The zero-order chi connectivity index (χ0) is 96.3. The number of carbonyl (C=O) groups is 18. The van der Waals surface area contributed by atoms with Crippen LogP contribution in [0.4, 0.5) is 0 Å². The first kappa shape index (κ1) is 102. The minimum Gasteiger partial charge on any atom is -0.508 e. The number of imidazole rings is 1. The number of pyridine rings is 1. The average Bonchev–Trinajstić information content (AvgIpc) is 1.47. The molecule has 0 spiro atoms. The van der Waals surface area contributed by atoms with Crippen molar-refractivity contribution >= 4 is 140 Å². The summed E-state index contributed by atoms with van der Waals surface area (Å²) >= 11 is 0.769.